The lowest BCUT2D eigenvalue weighted by atomic mass is 10.1. The van der Waals surface area contributed by atoms with Crippen LogP contribution in [0.3, 0.4) is 0 Å². The Balaban J connectivity index is 2.11. The van der Waals surface area contributed by atoms with Gasteiger partial charge in [0.15, 0.2) is 0 Å². The number of aromatic amines is 1. The van der Waals surface area contributed by atoms with Gasteiger partial charge in [-0.15, -0.1) is 0 Å². The molecule has 0 bridgehead atoms. The number of carboxylic acids is 1. The second kappa shape index (κ2) is 6.07. The number of hydrogen-bond acceptors (Lipinski definition) is 3. The second-order valence-electron chi connectivity index (χ2n) is 5.44. The van der Waals surface area contributed by atoms with Crippen molar-refractivity contribution >= 4 is 11.9 Å². The van der Waals surface area contributed by atoms with Crippen LogP contribution in [0.2, 0.25) is 0 Å². The van der Waals surface area contributed by atoms with E-state index in [2.05, 4.69) is 10.2 Å². The first-order valence-corrected chi connectivity index (χ1v) is 7.00. The molecular weight excluding hydrogens is 258 g/mol. The van der Waals surface area contributed by atoms with Crippen LogP contribution in [0.5, 0.6) is 0 Å². The number of carboxylic acid groups (broad SMARTS) is 1. The van der Waals surface area contributed by atoms with Crippen molar-refractivity contribution in [1.29, 1.82) is 0 Å². The van der Waals surface area contributed by atoms with E-state index in [4.69, 9.17) is 5.11 Å². The Bertz CT molecular complexity index is 484. The van der Waals surface area contributed by atoms with Gasteiger partial charge in [-0.2, -0.15) is 5.10 Å². The molecule has 1 fully saturated rings. The molecule has 1 aromatic heterocycles. The summed E-state index contributed by atoms with van der Waals surface area (Å²) in [4.78, 5) is 25.0. The van der Waals surface area contributed by atoms with Crippen LogP contribution >= 0.6 is 0 Å². The topological polar surface area (TPSA) is 86.3 Å². The number of amides is 1. The average molecular weight is 279 g/mol. The molecule has 1 aliphatic rings. The minimum Gasteiger partial charge on any atom is -0.480 e. The number of aliphatic carboxylic acids is 1. The normalized spacial score (nSPS) is 15.5. The Morgan fingerprint density at radius 1 is 1.35 bits per heavy atom. The summed E-state index contributed by atoms with van der Waals surface area (Å²) in [5.41, 5.74) is 2.55. The number of carbonyl (C=O) groups is 2. The molecule has 1 aliphatic carbocycles. The third-order valence-electron chi connectivity index (χ3n) is 4.00. The van der Waals surface area contributed by atoms with E-state index in [0.717, 1.165) is 42.6 Å². The SMILES string of the molecule is Cc1n[nH]c(C)c1CC(=O)N(CC(=O)O)C1CCCC1. The van der Waals surface area contributed by atoms with Crippen molar-refractivity contribution < 1.29 is 14.7 Å². The number of H-pyrrole nitrogens is 1. The summed E-state index contributed by atoms with van der Waals surface area (Å²) in [6.07, 6.45) is 4.17. The molecule has 1 aromatic rings. The van der Waals surface area contributed by atoms with Crippen molar-refractivity contribution in [2.45, 2.75) is 52.0 Å². The van der Waals surface area contributed by atoms with Crippen LogP contribution in [0.15, 0.2) is 0 Å². The first-order chi connectivity index (χ1) is 9.49. The minimum absolute atomic E-state index is 0.0751. The highest BCUT2D eigenvalue weighted by Gasteiger charge is 2.29. The van der Waals surface area contributed by atoms with Crippen molar-refractivity contribution in [1.82, 2.24) is 15.1 Å². The standard InChI is InChI=1S/C14H21N3O3/c1-9-12(10(2)16-15-9)7-13(18)17(8-14(19)20)11-5-3-4-6-11/h11H,3-8H2,1-2H3,(H,15,16)(H,19,20). The van der Waals surface area contributed by atoms with Gasteiger partial charge in [-0.05, 0) is 26.7 Å². The fourth-order valence-electron chi connectivity index (χ4n) is 2.87. The maximum atomic E-state index is 12.5. The zero-order valence-electron chi connectivity index (χ0n) is 12.0. The van der Waals surface area contributed by atoms with E-state index >= 15 is 0 Å². The summed E-state index contributed by atoms with van der Waals surface area (Å²) in [7, 11) is 0. The second-order valence-corrected chi connectivity index (χ2v) is 5.44. The lowest BCUT2D eigenvalue weighted by Gasteiger charge is -2.27. The van der Waals surface area contributed by atoms with Crippen molar-refractivity contribution in [2.24, 2.45) is 0 Å². The molecule has 0 unspecified atom stereocenters. The monoisotopic (exact) mass is 279 g/mol. The predicted octanol–water partition coefficient (Wildman–Crippen LogP) is 1.42. The smallest absolute Gasteiger partial charge is 0.323 e. The van der Waals surface area contributed by atoms with Gasteiger partial charge in [-0.25, -0.2) is 0 Å². The number of rotatable bonds is 5. The molecule has 0 atom stereocenters. The van der Waals surface area contributed by atoms with E-state index in [1.165, 1.54) is 4.90 Å². The van der Waals surface area contributed by atoms with Gasteiger partial charge in [0.2, 0.25) is 5.91 Å². The van der Waals surface area contributed by atoms with Crippen LogP contribution in [0, 0.1) is 13.8 Å². The fourth-order valence-corrected chi connectivity index (χ4v) is 2.87. The zero-order valence-corrected chi connectivity index (χ0v) is 12.0. The summed E-state index contributed by atoms with van der Waals surface area (Å²) < 4.78 is 0. The van der Waals surface area contributed by atoms with E-state index in [1.54, 1.807) is 0 Å². The molecule has 20 heavy (non-hydrogen) atoms. The summed E-state index contributed by atoms with van der Waals surface area (Å²) in [5, 5.41) is 15.9. The average Bonchev–Trinajstić information content (AvgIpc) is 3.01. The van der Waals surface area contributed by atoms with Crippen molar-refractivity contribution in [3.63, 3.8) is 0 Å². The number of nitrogens with one attached hydrogen (secondary N) is 1. The van der Waals surface area contributed by atoms with Gasteiger partial charge < -0.3 is 10.0 Å². The van der Waals surface area contributed by atoms with Crippen LogP contribution in [-0.2, 0) is 16.0 Å². The van der Waals surface area contributed by atoms with Gasteiger partial charge >= 0.3 is 5.97 Å². The summed E-state index contributed by atoms with van der Waals surface area (Å²) in [5.74, 6) is -1.07. The Kier molecular flexibility index (Phi) is 4.42. The maximum absolute atomic E-state index is 12.5. The molecule has 2 rings (SSSR count). The summed E-state index contributed by atoms with van der Waals surface area (Å²) in [6, 6.07) is 0.0751. The molecule has 6 nitrogen and oxygen atoms in total. The molecule has 0 saturated heterocycles. The van der Waals surface area contributed by atoms with Crippen molar-refractivity contribution in [2.75, 3.05) is 6.54 Å². The zero-order chi connectivity index (χ0) is 14.7. The van der Waals surface area contributed by atoms with Crippen LogP contribution in [-0.4, -0.2) is 44.7 Å². The molecule has 110 valence electrons. The molecule has 1 heterocycles. The van der Waals surface area contributed by atoms with Gasteiger partial charge in [-0.1, -0.05) is 12.8 Å². The Morgan fingerprint density at radius 3 is 2.50 bits per heavy atom. The Labute approximate surface area is 118 Å². The molecule has 0 aliphatic heterocycles. The summed E-state index contributed by atoms with van der Waals surface area (Å²) >= 11 is 0. The highest BCUT2D eigenvalue weighted by atomic mass is 16.4. The first kappa shape index (κ1) is 14.6. The third kappa shape index (κ3) is 3.18. The van der Waals surface area contributed by atoms with Gasteiger partial charge in [0.1, 0.15) is 6.54 Å². The van der Waals surface area contributed by atoms with Gasteiger partial charge in [0.05, 0.1) is 12.1 Å². The predicted molar refractivity (Wildman–Crippen MR) is 73.4 cm³/mol. The minimum atomic E-state index is -0.953. The molecular formula is C14H21N3O3. The van der Waals surface area contributed by atoms with Crippen LogP contribution in [0.1, 0.15) is 42.6 Å². The molecule has 1 amide bonds. The van der Waals surface area contributed by atoms with E-state index in [0.29, 0.717) is 0 Å². The number of aromatic nitrogens is 2. The van der Waals surface area contributed by atoms with Gasteiger partial charge in [-0.3, -0.25) is 14.7 Å². The molecule has 0 spiro atoms. The lowest BCUT2D eigenvalue weighted by molar-refractivity contribution is -0.145. The van der Waals surface area contributed by atoms with Crippen molar-refractivity contribution in [3.8, 4) is 0 Å². The number of carbonyl (C=O) groups excluding carboxylic acids is 1. The van der Waals surface area contributed by atoms with E-state index < -0.39 is 5.97 Å². The quantitative estimate of drug-likeness (QED) is 0.853. The van der Waals surface area contributed by atoms with Crippen LogP contribution in [0.4, 0.5) is 0 Å². The molecule has 2 N–H and O–H groups in total. The van der Waals surface area contributed by atoms with Crippen LogP contribution < -0.4 is 0 Å². The fraction of sp³-hybridized carbons (Fsp3) is 0.643. The van der Waals surface area contributed by atoms with Gasteiger partial charge in [0, 0.05) is 17.3 Å². The number of hydrogen-bond donors (Lipinski definition) is 2. The first-order valence-electron chi connectivity index (χ1n) is 7.00. The summed E-state index contributed by atoms with van der Waals surface area (Å²) in [6.45, 7) is 3.52. The van der Waals surface area contributed by atoms with E-state index in [-0.39, 0.29) is 24.9 Å². The van der Waals surface area contributed by atoms with Gasteiger partial charge in [0.25, 0.3) is 0 Å². The Hall–Kier alpha value is -1.85. The van der Waals surface area contributed by atoms with Crippen LogP contribution in [0.25, 0.3) is 0 Å². The Morgan fingerprint density at radius 2 is 2.00 bits per heavy atom. The lowest BCUT2D eigenvalue weighted by Crippen LogP contribution is -2.43. The van der Waals surface area contributed by atoms with E-state index in [9.17, 15) is 9.59 Å². The largest absolute Gasteiger partial charge is 0.480 e. The maximum Gasteiger partial charge on any atom is 0.323 e. The third-order valence-corrected chi connectivity index (χ3v) is 4.00. The highest BCUT2D eigenvalue weighted by molar-refractivity contribution is 5.83. The highest BCUT2D eigenvalue weighted by Crippen LogP contribution is 2.24. The number of nitrogens with zero attached hydrogens (tertiary/aromatic N) is 2. The molecule has 1 saturated carbocycles. The number of aryl methyl sites for hydroxylation is 2. The molecule has 0 radical (unpaired) electrons. The molecule has 0 aromatic carbocycles. The van der Waals surface area contributed by atoms with Crippen molar-refractivity contribution in [3.05, 3.63) is 17.0 Å². The van der Waals surface area contributed by atoms with E-state index in [1.807, 2.05) is 13.8 Å². The molecule has 6 heteroatoms.